The van der Waals surface area contributed by atoms with Gasteiger partial charge in [-0.15, -0.1) is 0 Å². The van der Waals surface area contributed by atoms with Crippen molar-refractivity contribution in [2.75, 3.05) is 27.3 Å². The summed E-state index contributed by atoms with van der Waals surface area (Å²) in [6, 6.07) is 7.26. The molecule has 0 spiro atoms. The fourth-order valence-electron chi connectivity index (χ4n) is 4.04. The molecule has 1 aromatic carbocycles. The number of carbonyl (C=O) groups is 2. The van der Waals surface area contributed by atoms with Crippen molar-refractivity contribution in [2.45, 2.75) is 38.1 Å². The molecule has 1 heterocycles. The van der Waals surface area contributed by atoms with Gasteiger partial charge in [-0.2, -0.15) is 0 Å². The maximum atomic E-state index is 12.9. The Bertz CT molecular complexity index is 649. The largest absolute Gasteiger partial charge is 0.497 e. The molecule has 1 aliphatic carbocycles. The number of aliphatic hydroxyl groups is 1. The Labute approximate surface area is 154 Å². The first kappa shape index (κ1) is 18.7. The minimum absolute atomic E-state index is 0.0371. The lowest BCUT2D eigenvalue weighted by Gasteiger charge is -2.42. The van der Waals surface area contributed by atoms with Crippen LogP contribution in [0.4, 0.5) is 0 Å². The van der Waals surface area contributed by atoms with E-state index in [0.29, 0.717) is 19.4 Å². The lowest BCUT2D eigenvalue weighted by atomic mass is 9.69. The third-order valence-electron chi connectivity index (χ3n) is 6.04. The van der Waals surface area contributed by atoms with Crippen LogP contribution in [0, 0.1) is 11.3 Å². The first-order chi connectivity index (χ1) is 12.5. The van der Waals surface area contributed by atoms with Gasteiger partial charge in [0.2, 0.25) is 11.8 Å². The molecule has 26 heavy (non-hydrogen) atoms. The summed E-state index contributed by atoms with van der Waals surface area (Å²) in [5.41, 5.74) is 0.781. The van der Waals surface area contributed by atoms with Crippen LogP contribution in [0.1, 0.15) is 43.7 Å². The average molecular weight is 360 g/mol. The van der Waals surface area contributed by atoms with Crippen molar-refractivity contribution in [3.05, 3.63) is 29.8 Å². The van der Waals surface area contributed by atoms with Crippen molar-refractivity contribution in [3.8, 4) is 5.75 Å². The minimum atomic E-state index is -0.290. The molecule has 6 heteroatoms. The summed E-state index contributed by atoms with van der Waals surface area (Å²) >= 11 is 0. The first-order valence-corrected chi connectivity index (χ1v) is 9.28. The van der Waals surface area contributed by atoms with Gasteiger partial charge in [0.1, 0.15) is 5.75 Å². The predicted octanol–water partition coefficient (Wildman–Crippen LogP) is 1.88. The molecular formula is C20H28N2O4. The smallest absolute Gasteiger partial charge is 0.225 e. The van der Waals surface area contributed by atoms with Crippen molar-refractivity contribution in [1.29, 1.82) is 0 Å². The van der Waals surface area contributed by atoms with Gasteiger partial charge >= 0.3 is 0 Å². The maximum absolute atomic E-state index is 12.9. The highest BCUT2D eigenvalue weighted by Crippen LogP contribution is 2.40. The second kappa shape index (κ2) is 7.66. The topological polar surface area (TPSA) is 78.9 Å². The summed E-state index contributed by atoms with van der Waals surface area (Å²) in [6.45, 7) is 0.615. The number of benzene rings is 1. The fourth-order valence-corrected chi connectivity index (χ4v) is 4.04. The van der Waals surface area contributed by atoms with E-state index in [1.54, 1.807) is 19.1 Å². The Balaban J connectivity index is 1.76. The van der Waals surface area contributed by atoms with Gasteiger partial charge in [0, 0.05) is 25.4 Å². The van der Waals surface area contributed by atoms with Crippen LogP contribution in [-0.2, 0) is 9.59 Å². The summed E-state index contributed by atoms with van der Waals surface area (Å²) in [4.78, 5) is 26.8. The molecule has 2 atom stereocenters. The molecule has 0 aromatic heterocycles. The fraction of sp³-hybridized carbons (Fsp3) is 0.600. The van der Waals surface area contributed by atoms with Crippen molar-refractivity contribution in [2.24, 2.45) is 11.3 Å². The van der Waals surface area contributed by atoms with Crippen LogP contribution < -0.4 is 10.1 Å². The number of nitrogens with one attached hydrogen (secondary N) is 1. The molecule has 2 fully saturated rings. The molecule has 1 saturated heterocycles. The highest BCUT2D eigenvalue weighted by Gasteiger charge is 2.41. The van der Waals surface area contributed by atoms with Crippen LogP contribution in [0.25, 0.3) is 0 Å². The molecule has 142 valence electrons. The third-order valence-corrected chi connectivity index (χ3v) is 6.04. The monoisotopic (exact) mass is 360 g/mol. The minimum Gasteiger partial charge on any atom is -0.497 e. The number of amides is 2. The standard InChI is InChI=1S/C20H28N2O4/c1-22-17(24)9-8-16(18(22)14-4-6-15(26-2)7-5-14)19(25)21-12-20(13-23)10-3-11-20/h4-7,16,18,23H,3,8-13H2,1-2H3,(H,21,25). The van der Waals surface area contributed by atoms with Gasteiger partial charge in [0.25, 0.3) is 0 Å². The molecule has 2 amide bonds. The average Bonchev–Trinajstić information content (AvgIpc) is 2.63. The Morgan fingerprint density at radius 2 is 2.04 bits per heavy atom. The van der Waals surface area contributed by atoms with Gasteiger partial charge in [-0.25, -0.2) is 0 Å². The second-order valence-electron chi connectivity index (χ2n) is 7.60. The van der Waals surface area contributed by atoms with Gasteiger partial charge < -0.3 is 20.1 Å². The molecule has 2 unspecified atom stereocenters. The Hall–Kier alpha value is -2.08. The zero-order chi connectivity index (χ0) is 18.7. The summed E-state index contributed by atoms with van der Waals surface area (Å²) in [5, 5.41) is 12.6. The number of hydrogen-bond acceptors (Lipinski definition) is 4. The highest BCUT2D eigenvalue weighted by atomic mass is 16.5. The van der Waals surface area contributed by atoms with E-state index in [0.717, 1.165) is 30.6 Å². The molecule has 1 aromatic rings. The molecule has 2 N–H and O–H groups in total. The molecule has 2 aliphatic rings. The van der Waals surface area contributed by atoms with Gasteiger partial charge in [-0.1, -0.05) is 18.6 Å². The van der Waals surface area contributed by atoms with Gasteiger partial charge in [-0.05, 0) is 37.0 Å². The Morgan fingerprint density at radius 3 is 2.58 bits per heavy atom. The summed E-state index contributed by atoms with van der Waals surface area (Å²) in [6.07, 6.45) is 3.93. The molecular weight excluding hydrogens is 332 g/mol. The quantitative estimate of drug-likeness (QED) is 0.812. The van der Waals surface area contributed by atoms with Crippen molar-refractivity contribution in [3.63, 3.8) is 0 Å². The van der Waals surface area contributed by atoms with E-state index in [4.69, 9.17) is 4.74 Å². The van der Waals surface area contributed by atoms with E-state index in [2.05, 4.69) is 5.32 Å². The molecule has 3 rings (SSSR count). The predicted molar refractivity (Wildman–Crippen MR) is 97.6 cm³/mol. The van der Waals surface area contributed by atoms with Gasteiger partial charge in [-0.3, -0.25) is 9.59 Å². The number of methoxy groups -OCH3 is 1. The molecule has 1 saturated carbocycles. The van der Waals surface area contributed by atoms with E-state index in [1.807, 2.05) is 24.3 Å². The van der Waals surface area contributed by atoms with Crippen molar-refractivity contribution in [1.82, 2.24) is 10.2 Å². The van der Waals surface area contributed by atoms with Gasteiger partial charge in [0.15, 0.2) is 0 Å². The maximum Gasteiger partial charge on any atom is 0.225 e. The SMILES string of the molecule is COc1ccc(C2C(C(=O)NCC3(CO)CCC3)CCC(=O)N2C)cc1. The van der Waals surface area contributed by atoms with Crippen LogP contribution in [0.2, 0.25) is 0 Å². The van der Waals surface area contributed by atoms with Crippen LogP contribution in [0.5, 0.6) is 5.75 Å². The van der Waals surface area contributed by atoms with Crippen molar-refractivity contribution < 1.29 is 19.4 Å². The number of hydrogen-bond donors (Lipinski definition) is 2. The highest BCUT2D eigenvalue weighted by molar-refractivity contribution is 5.85. The normalized spacial score (nSPS) is 24.7. The number of piperidine rings is 1. The second-order valence-corrected chi connectivity index (χ2v) is 7.60. The Morgan fingerprint density at radius 1 is 1.35 bits per heavy atom. The van der Waals surface area contributed by atoms with E-state index in [9.17, 15) is 14.7 Å². The summed E-state index contributed by atoms with van der Waals surface area (Å²) < 4.78 is 5.20. The Kier molecular flexibility index (Phi) is 5.51. The molecule has 0 radical (unpaired) electrons. The first-order valence-electron chi connectivity index (χ1n) is 9.28. The van der Waals surface area contributed by atoms with Crippen LogP contribution in [-0.4, -0.2) is 49.1 Å². The van der Waals surface area contributed by atoms with Crippen LogP contribution in [0.15, 0.2) is 24.3 Å². The number of nitrogens with zero attached hydrogens (tertiary/aromatic N) is 1. The van der Waals surface area contributed by atoms with Gasteiger partial charge in [0.05, 0.1) is 25.7 Å². The van der Waals surface area contributed by atoms with E-state index < -0.39 is 0 Å². The van der Waals surface area contributed by atoms with E-state index in [-0.39, 0.29) is 35.8 Å². The molecule has 0 bridgehead atoms. The summed E-state index contributed by atoms with van der Waals surface area (Å²) in [7, 11) is 3.37. The number of rotatable bonds is 6. The third kappa shape index (κ3) is 3.56. The van der Waals surface area contributed by atoms with E-state index in [1.165, 1.54) is 0 Å². The van der Waals surface area contributed by atoms with Crippen molar-refractivity contribution >= 4 is 11.8 Å². The lowest BCUT2D eigenvalue weighted by molar-refractivity contribution is -0.142. The van der Waals surface area contributed by atoms with E-state index >= 15 is 0 Å². The van der Waals surface area contributed by atoms with Crippen LogP contribution in [0.3, 0.4) is 0 Å². The number of likely N-dealkylation sites (tertiary alicyclic amines) is 1. The lowest BCUT2D eigenvalue weighted by Crippen LogP contribution is -2.50. The zero-order valence-electron chi connectivity index (χ0n) is 15.5. The zero-order valence-corrected chi connectivity index (χ0v) is 15.5. The number of aliphatic hydroxyl groups excluding tert-OH is 1. The molecule has 1 aliphatic heterocycles. The summed E-state index contributed by atoms with van der Waals surface area (Å²) in [5.74, 6) is 0.474. The molecule has 6 nitrogen and oxygen atoms in total. The number of ether oxygens (including phenoxy) is 1. The number of carbonyl (C=O) groups excluding carboxylic acids is 2. The van der Waals surface area contributed by atoms with Crippen LogP contribution >= 0.6 is 0 Å².